The van der Waals surface area contributed by atoms with Gasteiger partial charge in [0.1, 0.15) is 5.82 Å². The maximum absolute atomic E-state index is 4.24. The fourth-order valence-electron chi connectivity index (χ4n) is 1.80. The second-order valence-electron chi connectivity index (χ2n) is 4.50. The molecule has 17 heavy (non-hydrogen) atoms. The highest BCUT2D eigenvalue weighted by atomic mass is 15.0. The Morgan fingerprint density at radius 2 is 2.12 bits per heavy atom. The van der Waals surface area contributed by atoms with E-state index in [9.17, 15) is 0 Å². The van der Waals surface area contributed by atoms with Crippen molar-refractivity contribution in [3.8, 4) is 0 Å². The van der Waals surface area contributed by atoms with Crippen molar-refractivity contribution in [2.45, 2.75) is 33.4 Å². The van der Waals surface area contributed by atoms with Crippen molar-refractivity contribution in [3.05, 3.63) is 53.1 Å². The Balaban J connectivity index is 1.96. The van der Waals surface area contributed by atoms with E-state index >= 15 is 0 Å². The van der Waals surface area contributed by atoms with Gasteiger partial charge in [-0.25, -0.2) is 4.98 Å². The quantitative estimate of drug-likeness (QED) is 0.846. The van der Waals surface area contributed by atoms with Gasteiger partial charge in [0.2, 0.25) is 0 Å². The van der Waals surface area contributed by atoms with Gasteiger partial charge in [-0.05, 0) is 37.5 Å². The van der Waals surface area contributed by atoms with Crippen LogP contribution >= 0.6 is 0 Å². The molecule has 3 heteroatoms. The number of nitrogens with zero attached hydrogens (tertiary/aromatic N) is 1. The average molecular weight is 229 g/mol. The van der Waals surface area contributed by atoms with Crippen LogP contribution in [0.3, 0.4) is 0 Å². The van der Waals surface area contributed by atoms with Crippen molar-refractivity contribution in [2.75, 3.05) is 0 Å². The van der Waals surface area contributed by atoms with E-state index in [0.717, 1.165) is 12.4 Å². The fourth-order valence-corrected chi connectivity index (χ4v) is 1.80. The summed E-state index contributed by atoms with van der Waals surface area (Å²) >= 11 is 0. The van der Waals surface area contributed by atoms with Crippen LogP contribution in [0.1, 0.15) is 35.5 Å². The highest BCUT2D eigenvalue weighted by Gasteiger charge is 2.06. The second-order valence-corrected chi connectivity index (χ2v) is 4.50. The first-order valence-corrected chi connectivity index (χ1v) is 5.95. The topological polar surface area (TPSA) is 40.7 Å². The first-order valence-electron chi connectivity index (χ1n) is 5.95. The van der Waals surface area contributed by atoms with E-state index in [1.807, 2.05) is 6.20 Å². The summed E-state index contributed by atoms with van der Waals surface area (Å²) < 4.78 is 0. The van der Waals surface area contributed by atoms with Crippen LogP contribution in [0.4, 0.5) is 0 Å². The lowest BCUT2D eigenvalue weighted by Gasteiger charge is -2.12. The summed E-state index contributed by atoms with van der Waals surface area (Å²) in [5.41, 5.74) is 3.99. The van der Waals surface area contributed by atoms with Gasteiger partial charge in [0.25, 0.3) is 0 Å². The molecule has 1 unspecified atom stereocenters. The maximum atomic E-state index is 4.24. The molecule has 1 atom stereocenters. The van der Waals surface area contributed by atoms with E-state index in [1.54, 1.807) is 6.20 Å². The Morgan fingerprint density at radius 3 is 2.76 bits per heavy atom. The number of H-pyrrole nitrogens is 1. The predicted molar refractivity (Wildman–Crippen MR) is 69.8 cm³/mol. The van der Waals surface area contributed by atoms with Gasteiger partial charge in [0.05, 0.1) is 6.04 Å². The Hall–Kier alpha value is -1.61. The lowest BCUT2D eigenvalue weighted by atomic mass is 10.1. The summed E-state index contributed by atoms with van der Waals surface area (Å²) in [6.45, 7) is 7.26. The van der Waals surface area contributed by atoms with Gasteiger partial charge in [0.15, 0.2) is 0 Å². The summed E-state index contributed by atoms with van der Waals surface area (Å²) in [4.78, 5) is 7.36. The molecular weight excluding hydrogens is 210 g/mol. The number of nitrogens with one attached hydrogen (secondary N) is 2. The number of aromatic nitrogens is 2. The summed E-state index contributed by atoms with van der Waals surface area (Å²) in [6.07, 6.45) is 3.63. The number of imidazole rings is 1. The third kappa shape index (κ3) is 2.94. The van der Waals surface area contributed by atoms with Gasteiger partial charge in [0, 0.05) is 18.9 Å². The number of hydrogen-bond acceptors (Lipinski definition) is 2. The minimum absolute atomic E-state index is 0.242. The normalized spacial score (nSPS) is 12.6. The first kappa shape index (κ1) is 11.9. The zero-order valence-corrected chi connectivity index (χ0v) is 10.6. The molecule has 0 fully saturated rings. The smallest absolute Gasteiger partial charge is 0.122 e. The molecular formula is C14H19N3. The molecule has 1 aromatic carbocycles. The zero-order chi connectivity index (χ0) is 12.3. The second kappa shape index (κ2) is 5.15. The molecule has 3 nitrogen and oxygen atoms in total. The first-order chi connectivity index (χ1) is 8.16. The van der Waals surface area contributed by atoms with E-state index in [-0.39, 0.29) is 6.04 Å². The van der Waals surface area contributed by atoms with Gasteiger partial charge in [-0.15, -0.1) is 0 Å². The number of rotatable bonds is 4. The van der Waals surface area contributed by atoms with Gasteiger partial charge in [-0.2, -0.15) is 0 Å². The molecule has 0 spiro atoms. The van der Waals surface area contributed by atoms with Crippen molar-refractivity contribution in [1.29, 1.82) is 0 Å². The molecule has 0 aliphatic rings. The molecule has 0 bridgehead atoms. The van der Waals surface area contributed by atoms with Crippen LogP contribution in [-0.2, 0) is 6.54 Å². The molecule has 90 valence electrons. The fraction of sp³-hybridized carbons (Fsp3) is 0.357. The van der Waals surface area contributed by atoms with E-state index < -0.39 is 0 Å². The third-order valence-electron chi connectivity index (χ3n) is 3.11. The van der Waals surface area contributed by atoms with Crippen molar-refractivity contribution in [2.24, 2.45) is 0 Å². The molecule has 0 radical (unpaired) electrons. The summed E-state index contributed by atoms with van der Waals surface area (Å²) in [5.74, 6) is 0.980. The van der Waals surface area contributed by atoms with Gasteiger partial charge >= 0.3 is 0 Å². The number of hydrogen-bond donors (Lipinski definition) is 2. The van der Waals surface area contributed by atoms with E-state index in [0.29, 0.717) is 0 Å². The molecule has 2 rings (SSSR count). The molecule has 0 aliphatic heterocycles. The Morgan fingerprint density at radius 1 is 1.29 bits per heavy atom. The van der Waals surface area contributed by atoms with Crippen LogP contribution in [0.2, 0.25) is 0 Å². The highest BCUT2D eigenvalue weighted by molar-refractivity contribution is 5.29. The van der Waals surface area contributed by atoms with Crippen LogP contribution in [0.5, 0.6) is 0 Å². The largest absolute Gasteiger partial charge is 0.347 e. The predicted octanol–water partition coefficient (Wildman–Crippen LogP) is 2.88. The molecule has 2 N–H and O–H groups in total. The van der Waals surface area contributed by atoms with Crippen molar-refractivity contribution in [3.63, 3.8) is 0 Å². The van der Waals surface area contributed by atoms with Crippen LogP contribution in [0, 0.1) is 13.8 Å². The monoisotopic (exact) mass is 229 g/mol. The average Bonchev–Trinajstić information content (AvgIpc) is 2.84. The Bertz CT molecular complexity index is 474. The number of benzene rings is 1. The Kier molecular flexibility index (Phi) is 3.59. The summed E-state index contributed by atoms with van der Waals surface area (Å²) in [6, 6.07) is 6.82. The van der Waals surface area contributed by atoms with Gasteiger partial charge in [-0.1, -0.05) is 18.2 Å². The van der Waals surface area contributed by atoms with Gasteiger partial charge < -0.3 is 10.3 Å². The highest BCUT2D eigenvalue weighted by Crippen LogP contribution is 2.11. The molecule has 0 aliphatic carbocycles. The van der Waals surface area contributed by atoms with Crippen LogP contribution in [-0.4, -0.2) is 9.97 Å². The maximum Gasteiger partial charge on any atom is 0.122 e. The minimum Gasteiger partial charge on any atom is -0.347 e. The van der Waals surface area contributed by atoms with Crippen LogP contribution in [0.15, 0.2) is 30.6 Å². The molecule has 2 aromatic rings. The van der Waals surface area contributed by atoms with Crippen molar-refractivity contribution < 1.29 is 0 Å². The molecule has 1 heterocycles. The SMILES string of the molecule is Cc1ccc(CNC(C)c2ncc[nH]2)cc1C. The van der Waals surface area contributed by atoms with Crippen molar-refractivity contribution in [1.82, 2.24) is 15.3 Å². The van der Waals surface area contributed by atoms with Crippen molar-refractivity contribution >= 4 is 0 Å². The molecule has 0 amide bonds. The van der Waals surface area contributed by atoms with Gasteiger partial charge in [-0.3, -0.25) is 0 Å². The lowest BCUT2D eigenvalue weighted by molar-refractivity contribution is 0.551. The number of aryl methyl sites for hydroxylation is 2. The lowest BCUT2D eigenvalue weighted by Crippen LogP contribution is -2.19. The van der Waals surface area contributed by atoms with E-state index in [1.165, 1.54) is 16.7 Å². The summed E-state index contributed by atoms with van der Waals surface area (Å²) in [7, 11) is 0. The van der Waals surface area contributed by atoms with Crippen LogP contribution in [0.25, 0.3) is 0 Å². The molecule has 0 saturated carbocycles. The number of aromatic amines is 1. The Labute approximate surface area is 102 Å². The standard InChI is InChI=1S/C14H19N3/c1-10-4-5-13(8-11(10)2)9-17-12(3)14-15-6-7-16-14/h4-8,12,17H,9H2,1-3H3,(H,15,16). The minimum atomic E-state index is 0.242. The summed E-state index contributed by atoms with van der Waals surface area (Å²) in [5, 5.41) is 3.45. The van der Waals surface area contributed by atoms with E-state index in [2.05, 4.69) is 54.3 Å². The molecule has 0 saturated heterocycles. The third-order valence-corrected chi connectivity index (χ3v) is 3.11. The zero-order valence-electron chi connectivity index (χ0n) is 10.6. The molecule has 1 aromatic heterocycles. The van der Waals surface area contributed by atoms with Crippen LogP contribution < -0.4 is 5.32 Å². The van der Waals surface area contributed by atoms with E-state index in [4.69, 9.17) is 0 Å².